The van der Waals surface area contributed by atoms with Gasteiger partial charge in [-0.2, -0.15) is 0 Å². The SMILES string of the molecule is Cc1cc(F)ccc1C(=O)C1CC2CCC(C1)S2(=O)=O. The second-order valence-corrected chi connectivity index (χ2v) is 8.41. The molecule has 1 aromatic rings. The highest BCUT2D eigenvalue weighted by atomic mass is 32.2. The molecule has 2 aliphatic rings. The Balaban J connectivity index is 1.86. The van der Waals surface area contributed by atoms with Gasteiger partial charge in [0.1, 0.15) is 5.82 Å². The molecule has 2 unspecified atom stereocenters. The van der Waals surface area contributed by atoms with E-state index in [4.69, 9.17) is 0 Å². The van der Waals surface area contributed by atoms with Crippen LogP contribution in [0, 0.1) is 18.7 Å². The zero-order valence-corrected chi connectivity index (χ0v) is 12.1. The first kappa shape index (κ1) is 13.7. The number of Topliss-reactive ketones (excluding diaryl/α,β-unsaturated/α-hetero) is 1. The second kappa shape index (κ2) is 4.65. The van der Waals surface area contributed by atoms with Gasteiger partial charge in [-0.05, 0) is 56.4 Å². The molecule has 2 bridgehead atoms. The summed E-state index contributed by atoms with van der Waals surface area (Å²) in [4.78, 5) is 12.5. The molecular weight excluding hydrogens is 279 g/mol. The monoisotopic (exact) mass is 296 g/mol. The maximum Gasteiger partial charge on any atom is 0.166 e. The lowest BCUT2D eigenvalue weighted by Crippen LogP contribution is -2.36. The molecule has 20 heavy (non-hydrogen) atoms. The first-order valence-electron chi connectivity index (χ1n) is 6.92. The van der Waals surface area contributed by atoms with Crippen LogP contribution in [-0.4, -0.2) is 24.7 Å². The van der Waals surface area contributed by atoms with Gasteiger partial charge < -0.3 is 0 Å². The molecular formula is C15H17FO3S. The molecule has 0 aromatic heterocycles. The van der Waals surface area contributed by atoms with Gasteiger partial charge in [0, 0.05) is 11.5 Å². The van der Waals surface area contributed by atoms with E-state index in [0.717, 1.165) is 0 Å². The van der Waals surface area contributed by atoms with Gasteiger partial charge in [0.15, 0.2) is 15.6 Å². The van der Waals surface area contributed by atoms with Crippen LogP contribution in [0.5, 0.6) is 0 Å². The van der Waals surface area contributed by atoms with Crippen LogP contribution in [0.3, 0.4) is 0 Å². The number of hydrogen-bond donors (Lipinski definition) is 0. The summed E-state index contributed by atoms with van der Waals surface area (Å²) in [5.41, 5.74) is 1.14. The Hall–Kier alpha value is -1.23. The fourth-order valence-electron chi connectivity index (χ4n) is 3.54. The van der Waals surface area contributed by atoms with Crippen LogP contribution in [0.25, 0.3) is 0 Å². The molecule has 2 aliphatic heterocycles. The van der Waals surface area contributed by atoms with Gasteiger partial charge in [0.05, 0.1) is 10.5 Å². The van der Waals surface area contributed by atoms with Crippen molar-refractivity contribution in [1.29, 1.82) is 0 Å². The molecule has 0 amide bonds. The van der Waals surface area contributed by atoms with E-state index in [1.165, 1.54) is 18.2 Å². The molecule has 2 saturated heterocycles. The summed E-state index contributed by atoms with van der Waals surface area (Å²) in [6.07, 6.45) is 2.21. The zero-order valence-electron chi connectivity index (χ0n) is 11.3. The minimum Gasteiger partial charge on any atom is -0.294 e. The predicted molar refractivity (Wildman–Crippen MR) is 73.9 cm³/mol. The van der Waals surface area contributed by atoms with Crippen molar-refractivity contribution in [2.45, 2.75) is 43.1 Å². The minimum atomic E-state index is -3.01. The number of benzene rings is 1. The van der Waals surface area contributed by atoms with E-state index < -0.39 is 9.84 Å². The normalized spacial score (nSPS) is 31.2. The van der Waals surface area contributed by atoms with E-state index in [1.807, 2.05) is 0 Å². The van der Waals surface area contributed by atoms with E-state index >= 15 is 0 Å². The molecule has 1 aromatic carbocycles. The van der Waals surface area contributed by atoms with E-state index in [0.29, 0.717) is 36.8 Å². The molecule has 0 N–H and O–H groups in total. The Morgan fingerprint density at radius 2 is 1.80 bits per heavy atom. The van der Waals surface area contributed by atoms with Gasteiger partial charge in [-0.1, -0.05) is 0 Å². The molecule has 2 fully saturated rings. The largest absolute Gasteiger partial charge is 0.294 e. The number of carbonyl (C=O) groups is 1. The first-order valence-corrected chi connectivity index (χ1v) is 8.53. The maximum absolute atomic E-state index is 13.1. The van der Waals surface area contributed by atoms with Gasteiger partial charge in [0.25, 0.3) is 0 Å². The second-order valence-electron chi connectivity index (χ2n) is 5.90. The van der Waals surface area contributed by atoms with Crippen molar-refractivity contribution >= 4 is 15.6 Å². The fraction of sp³-hybridized carbons (Fsp3) is 0.533. The number of hydrogen-bond acceptors (Lipinski definition) is 3. The van der Waals surface area contributed by atoms with Gasteiger partial charge >= 0.3 is 0 Å². The summed E-state index contributed by atoms with van der Waals surface area (Å²) in [6.45, 7) is 1.71. The molecule has 2 heterocycles. The molecule has 2 atom stereocenters. The van der Waals surface area contributed by atoms with Crippen molar-refractivity contribution in [1.82, 2.24) is 0 Å². The molecule has 0 spiro atoms. The van der Waals surface area contributed by atoms with Crippen LogP contribution < -0.4 is 0 Å². The summed E-state index contributed by atoms with van der Waals surface area (Å²) in [5, 5.41) is -0.702. The standard InChI is InChI=1S/C15H17FO3S/c1-9-6-11(16)2-5-14(9)15(17)10-7-12-3-4-13(8-10)20(12,18)19/h2,5-6,10,12-13H,3-4,7-8H2,1H3. The van der Waals surface area contributed by atoms with E-state index in [2.05, 4.69) is 0 Å². The van der Waals surface area contributed by atoms with E-state index in [9.17, 15) is 17.6 Å². The Morgan fingerprint density at radius 1 is 1.20 bits per heavy atom. The molecule has 5 heteroatoms. The van der Waals surface area contributed by atoms with Crippen molar-refractivity contribution in [3.05, 3.63) is 35.1 Å². The van der Waals surface area contributed by atoms with Crippen molar-refractivity contribution in [2.24, 2.45) is 5.92 Å². The number of aryl methyl sites for hydroxylation is 1. The highest BCUT2D eigenvalue weighted by Crippen LogP contribution is 2.42. The number of rotatable bonds is 2. The third-order valence-electron chi connectivity index (χ3n) is 4.66. The smallest absolute Gasteiger partial charge is 0.166 e. The lowest BCUT2D eigenvalue weighted by Gasteiger charge is -2.27. The molecule has 3 rings (SSSR count). The van der Waals surface area contributed by atoms with Gasteiger partial charge in [0.2, 0.25) is 0 Å². The Morgan fingerprint density at radius 3 is 2.35 bits per heavy atom. The number of fused-ring (bicyclic) bond motifs is 2. The molecule has 0 saturated carbocycles. The number of halogens is 1. The Bertz CT molecular complexity index is 646. The number of ketones is 1. The van der Waals surface area contributed by atoms with Crippen LogP contribution in [0.4, 0.5) is 4.39 Å². The van der Waals surface area contributed by atoms with Crippen LogP contribution >= 0.6 is 0 Å². The third-order valence-corrected chi connectivity index (χ3v) is 7.37. The Kier molecular flexibility index (Phi) is 3.20. The van der Waals surface area contributed by atoms with Crippen LogP contribution in [0.1, 0.15) is 41.6 Å². The molecule has 3 nitrogen and oxygen atoms in total. The highest BCUT2D eigenvalue weighted by Gasteiger charge is 2.48. The summed E-state index contributed by atoms with van der Waals surface area (Å²) in [7, 11) is -3.01. The summed E-state index contributed by atoms with van der Waals surface area (Å²) in [6, 6.07) is 4.15. The third kappa shape index (κ3) is 2.08. The summed E-state index contributed by atoms with van der Waals surface area (Å²) >= 11 is 0. The molecule has 108 valence electrons. The quantitative estimate of drug-likeness (QED) is 0.788. The topological polar surface area (TPSA) is 51.2 Å². The van der Waals surface area contributed by atoms with Crippen LogP contribution in [-0.2, 0) is 9.84 Å². The minimum absolute atomic E-state index is 0.0331. The Labute approximate surface area is 118 Å². The first-order chi connectivity index (χ1) is 9.39. The van der Waals surface area contributed by atoms with Crippen molar-refractivity contribution < 1.29 is 17.6 Å². The van der Waals surface area contributed by atoms with Crippen molar-refractivity contribution in [2.75, 3.05) is 0 Å². The number of carbonyl (C=O) groups excluding carboxylic acids is 1. The average molecular weight is 296 g/mol. The lowest BCUT2D eigenvalue weighted by molar-refractivity contribution is 0.0904. The van der Waals surface area contributed by atoms with E-state index in [1.54, 1.807) is 6.92 Å². The number of sulfone groups is 1. The zero-order chi connectivity index (χ0) is 14.5. The van der Waals surface area contributed by atoms with E-state index in [-0.39, 0.29) is 28.0 Å². The highest BCUT2D eigenvalue weighted by molar-refractivity contribution is 7.93. The van der Waals surface area contributed by atoms with Gasteiger partial charge in [-0.3, -0.25) is 4.79 Å². The molecule has 0 aliphatic carbocycles. The average Bonchev–Trinajstić information content (AvgIpc) is 2.57. The maximum atomic E-state index is 13.1. The fourth-order valence-corrected chi connectivity index (χ4v) is 6.02. The van der Waals surface area contributed by atoms with Gasteiger partial charge in [-0.15, -0.1) is 0 Å². The summed E-state index contributed by atoms with van der Waals surface area (Å²) < 4.78 is 37.2. The molecule has 0 radical (unpaired) electrons. The van der Waals surface area contributed by atoms with Gasteiger partial charge in [-0.25, -0.2) is 12.8 Å². The lowest BCUT2D eigenvalue weighted by atomic mass is 9.88. The summed E-state index contributed by atoms with van der Waals surface area (Å²) in [5.74, 6) is -0.625. The predicted octanol–water partition coefficient (Wildman–Crippen LogP) is 2.67. The van der Waals surface area contributed by atoms with Crippen LogP contribution in [0.15, 0.2) is 18.2 Å². The van der Waals surface area contributed by atoms with Crippen LogP contribution in [0.2, 0.25) is 0 Å². The van der Waals surface area contributed by atoms with Crippen molar-refractivity contribution in [3.8, 4) is 0 Å². The van der Waals surface area contributed by atoms with Crippen molar-refractivity contribution in [3.63, 3.8) is 0 Å².